The highest BCUT2D eigenvalue weighted by Gasteiger charge is 2.26. The van der Waals surface area contributed by atoms with Crippen molar-refractivity contribution in [3.63, 3.8) is 0 Å². The van der Waals surface area contributed by atoms with Gasteiger partial charge in [-0.2, -0.15) is 0 Å². The number of hydrogen-bond acceptors (Lipinski definition) is 4. The van der Waals surface area contributed by atoms with Crippen molar-refractivity contribution in [2.45, 2.75) is 19.1 Å². The number of aromatic nitrogens is 1. The lowest BCUT2D eigenvalue weighted by Gasteiger charge is -2.37. The predicted molar refractivity (Wildman–Crippen MR) is 73.3 cm³/mol. The van der Waals surface area contributed by atoms with Crippen LogP contribution in [0.2, 0.25) is 0 Å². The molecule has 94 valence electrons. The molecule has 1 fully saturated rings. The topological polar surface area (TPSA) is 45.6 Å². The molecule has 0 aromatic carbocycles. The van der Waals surface area contributed by atoms with E-state index >= 15 is 0 Å². The zero-order valence-corrected chi connectivity index (χ0v) is 12.6. The minimum atomic E-state index is -0.143. The fraction of sp³-hybridized carbons (Fsp3) is 0.545. The van der Waals surface area contributed by atoms with Gasteiger partial charge in [-0.05, 0) is 44.8 Å². The predicted octanol–water partition coefficient (Wildman–Crippen LogP) is 2.19. The van der Waals surface area contributed by atoms with Gasteiger partial charge in [-0.15, -0.1) is 0 Å². The number of hydrogen-bond donors (Lipinski definition) is 1. The molecule has 6 heteroatoms. The van der Waals surface area contributed by atoms with Crippen LogP contribution in [0.25, 0.3) is 0 Å². The molecule has 1 aliphatic rings. The third-order valence-electron chi connectivity index (χ3n) is 2.62. The second-order valence-electron chi connectivity index (χ2n) is 4.12. The molecule has 2 rings (SSSR count). The molecule has 17 heavy (non-hydrogen) atoms. The summed E-state index contributed by atoms with van der Waals surface area (Å²) in [6.07, 6.45) is 1.73. The Morgan fingerprint density at radius 2 is 2.29 bits per heavy atom. The number of halogens is 2. The monoisotopic (exact) mass is 364 g/mol. The molecule has 0 saturated carbocycles. The summed E-state index contributed by atoms with van der Waals surface area (Å²) in [5.41, 5.74) is 0. The Bertz CT molecular complexity index is 403. The first-order valence-electron chi connectivity index (χ1n) is 5.42. The number of aliphatic hydroxyl groups excluding tert-OH is 1. The second kappa shape index (κ2) is 5.65. The van der Waals surface area contributed by atoms with Gasteiger partial charge in [0.15, 0.2) is 0 Å². The molecule has 1 N–H and O–H groups in total. The minimum absolute atomic E-state index is 0.0367. The van der Waals surface area contributed by atoms with Crippen molar-refractivity contribution >= 4 is 37.7 Å². The maximum absolute atomic E-state index is 9.20. The van der Waals surface area contributed by atoms with Crippen molar-refractivity contribution in [3.8, 4) is 0 Å². The Hall–Kier alpha value is -0.170. The van der Waals surface area contributed by atoms with Crippen LogP contribution in [0, 0.1) is 0 Å². The first kappa shape index (κ1) is 13.3. The van der Waals surface area contributed by atoms with Gasteiger partial charge >= 0.3 is 0 Å². The van der Waals surface area contributed by atoms with E-state index in [4.69, 9.17) is 4.74 Å². The Morgan fingerprint density at radius 3 is 2.94 bits per heavy atom. The Balaban J connectivity index is 2.20. The lowest BCUT2D eigenvalue weighted by molar-refractivity contribution is -0.0423. The molecule has 4 nitrogen and oxygen atoms in total. The Morgan fingerprint density at radius 1 is 1.53 bits per heavy atom. The summed E-state index contributed by atoms with van der Waals surface area (Å²) in [4.78, 5) is 6.53. The maximum atomic E-state index is 9.20. The minimum Gasteiger partial charge on any atom is -0.394 e. The van der Waals surface area contributed by atoms with Crippen LogP contribution >= 0.6 is 31.9 Å². The van der Waals surface area contributed by atoms with Gasteiger partial charge < -0.3 is 14.7 Å². The zero-order chi connectivity index (χ0) is 12.4. The van der Waals surface area contributed by atoms with Crippen LogP contribution in [0.15, 0.2) is 21.2 Å². The van der Waals surface area contributed by atoms with Crippen LogP contribution in [-0.4, -0.2) is 42.0 Å². The van der Waals surface area contributed by atoms with E-state index in [0.717, 1.165) is 21.3 Å². The lowest BCUT2D eigenvalue weighted by Crippen LogP contribution is -2.48. The van der Waals surface area contributed by atoms with Crippen LogP contribution in [0.1, 0.15) is 6.92 Å². The number of anilines is 1. The average Bonchev–Trinajstić information content (AvgIpc) is 2.28. The van der Waals surface area contributed by atoms with Crippen molar-refractivity contribution in [1.82, 2.24) is 4.98 Å². The van der Waals surface area contributed by atoms with Crippen LogP contribution in [0.4, 0.5) is 5.82 Å². The van der Waals surface area contributed by atoms with Crippen molar-refractivity contribution in [2.24, 2.45) is 0 Å². The van der Waals surface area contributed by atoms with Crippen molar-refractivity contribution < 1.29 is 9.84 Å². The lowest BCUT2D eigenvalue weighted by atomic mass is 10.2. The third-order valence-corrected chi connectivity index (χ3v) is 3.64. The van der Waals surface area contributed by atoms with E-state index in [9.17, 15) is 5.11 Å². The van der Waals surface area contributed by atoms with Gasteiger partial charge in [0.05, 0.1) is 23.3 Å². The first-order valence-corrected chi connectivity index (χ1v) is 7.01. The van der Waals surface area contributed by atoms with E-state index in [0.29, 0.717) is 6.54 Å². The Labute approximate surface area is 117 Å². The molecule has 1 aromatic rings. The fourth-order valence-corrected chi connectivity index (χ4v) is 3.20. The average molecular weight is 366 g/mol. The second-order valence-corrected chi connectivity index (χ2v) is 5.89. The van der Waals surface area contributed by atoms with E-state index in [1.807, 2.05) is 13.0 Å². The standard InChI is InChI=1S/C11H14Br2N2O2/c1-7-4-15(5-9(6-16)17-7)11-10(13)2-8(12)3-14-11/h2-3,7,9,16H,4-6H2,1H3. The summed E-state index contributed by atoms with van der Waals surface area (Å²) >= 11 is 6.89. The van der Waals surface area contributed by atoms with Gasteiger partial charge in [0.1, 0.15) is 5.82 Å². The van der Waals surface area contributed by atoms with Crippen molar-refractivity contribution in [3.05, 3.63) is 21.2 Å². The van der Waals surface area contributed by atoms with Gasteiger partial charge in [0, 0.05) is 23.8 Å². The largest absolute Gasteiger partial charge is 0.394 e. The Kier molecular flexibility index (Phi) is 4.41. The molecule has 0 bridgehead atoms. The molecule has 0 radical (unpaired) electrons. The molecule has 2 heterocycles. The fourth-order valence-electron chi connectivity index (χ4n) is 1.96. The summed E-state index contributed by atoms with van der Waals surface area (Å²) in [6, 6.07) is 1.97. The highest BCUT2D eigenvalue weighted by Crippen LogP contribution is 2.28. The number of pyridine rings is 1. The van der Waals surface area contributed by atoms with Crippen molar-refractivity contribution in [2.75, 3.05) is 24.6 Å². The SMILES string of the molecule is CC1CN(c2ncc(Br)cc2Br)CC(CO)O1. The number of rotatable bonds is 2. The number of ether oxygens (including phenoxy) is 1. The molecule has 1 aliphatic heterocycles. The maximum Gasteiger partial charge on any atom is 0.143 e. The molecule has 2 atom stereocenters. The summed E-state index contributed by atoms with van der Waals surface area (Å²) < 4.78 is 7.49. The van der Waals surface area contributed by atoms with Gasteiger partial charge in [-0.25, -0.2) is 4.98 Å². The smallest absolute Gasteiger partial charge is 0.143 e. The quantitative estimate of drug-likeness (QED) is 0.872. The first-order chi connectivity index (χ1) is 8.10. The summed E-state index contributed by atoms with van der Waals surface area (Å²) in [7, 11) is 0. The molecule has 0 aliphatic carbocycles. The van der Waals surface area contributed by atoms with Crippen LogP contribution in [0.5, 0.6) is 0 Å². The molecule has 1 aromatic heterocycles. The summed E-state index contributed by atoms with van der Waals surface area (Å²) in [6.45, 7) is 3.48. The van der Waals surface area contributed by atoms with Gasteiger partial charge in [-0.3, -0.25) is 0 Å². The van der Waals surface area contributed by atoms with Crippen molar-refractivity contribution in [1.29, 1.82) is 0 Å². The zero-order valence-electron chi connectivity index (χ0n) is 9.44. The van der Waals surface area contributed by atoms with E-state index in [1.165, 1.54) is 0 Å². The molecule has 2 unspecified atom stereocenters. The van der Waals surface area contributed by atoms with Crippen LogP contribution in [-0.2, 0) is 4.74 Å². The molecule has 0 amide bonds. The normalized spacial score (nSPS) is 25.1. The number of nitrogens with zero attached hydrogens (tertiary/aromatic N) is 2. The molecule has 1 saturated heterocycles. The summed E-state index contributed by atoms with van der Waals surface area (Å²) in [5, 5.41) is 9.20. The number of morpholine rings is 1. The molecular weight excluding hydrogens is 352 g/mol. The molecule has 0 spiro atoms. The molecular formula is C11H14Br2N2O2. The van der Waals surface area contributed by atoms with E-state index in [-0.39, 0.29) is 18.8 Å². The highest BCUT2D eigenvalue weighted by atomic mass is 79.9. The van der Waals surface area contributed by atoms with Gasteiger partial charge in [0.25, 0.3) is 0 Å². The van der Waals surface area contributed by atoms with E-state index in [2.05, 4.69) is 41.7 Å². The van der Waals surface area contributed by atoms with E-state index in [1.54, 1.807) is 6.20 Å². The van der Waals surface area contributed by atoms with Crippen LogP contribution < -0.4 is 4.90 Å². The van der Waals surface area contributed by atoms with Crippen LogP contribution in [0.3, 0.4) is 0 Å². The van der Waals surface area contributed by atoms with Gasteiger partial charge in [0.2, 0.25) is 0 Å². The van der Waals surface area contributed by atoms with E-state index < -0.39 is 0 Å². The summed E-state index contributed by atoms with van der Waals surface area (Å²) in [5.74, 6) is 0.891. The highest BCUT2D eigenvalue weighted by molar-refractivity contribution is 9.11. The third kappa shape index (κ3) is 3.19. The van der Waals surface area contributed by atoms with Gasteiger partial charge in [-0.1, -0.05) is 0 Å². The number of aliphatic hydroxyl groups is 1.